The molecule has 1 amide bonds. The van der Waals surface area contributed by atoms with Gasteiger partial charge in [0.2, 0.25) is 5.91 Å². The fraction of sp³-hybridized carbons (Fsp3) is 0.300. The van der Waals surface area contributed by atoms with Crippen LogP contribution in [0.15, 0.2) is 67.4 Å². The van der Waals surface area contributed by atoms with E-state index in [9.17, 15) is 4.79 Å². The van der Waals surface area contributed by atoms with Gasteiger partial charge in [0, 0.05) is 30.9 Å². The number of benzene rings is 1. The van der Waals surface area contributed by atoms with Crippen molar-refractivity contribution < 1.29 is 4.79 Å². The van der Waals surface area contributed by atoms with E-state index in [1.54, 1.807) is 0 Å². The third-order valence-electron chi connectivity index (χ3n) is 4.51. The second-order valence-electron chi connectivity index (χ2n) is 6.01. The average Bonchev–Trinajstić information content (AvgIpc) is 3.11. The van der Waals surface area contributed by atoms with E-state index in [0.29, 0.717) is 12.3 Å². The van der Waals surface area contributed by atoms with Crippen molar-refractivity contribution in [1.29, 1.82) is 0 Å². The number of carbonyl (C=O) groups is 1. The van der Waals surface area contributed by atoms with Gasteiger partial charge in [-0.05, 0) is 30.5 Å². The minimum Gasteiger partial charge on any atom is -0.341 e. The lowest BCUT2D eigenvalue weighted by Gasteiger charge is -2.23. The fourth-order valence-corrected chi connectivity index (χ4v) is 3.27. The third-order valence-corrected chi connectivity index (χ3v) is 4.51. The molecule has 3 rings (SSSR count). The maximum Gasteiger partial charge on any atom is 0.230 e. The Labute approximate surface area is 137 Å². The Morgan fingerprint density at radius 1 is 1.26 bits per heavy atom. The van der Waals surface area contributed by atoms with Crippen LogP contribution in [0.5, 0.6) is 0 Å². The van der Waals surface area contributed by atoms with Crippen molar-refractivity contribution in [1.82, 2.24) is 9.88 Å². The lowest BCUT2D eigenvalue weighted by atomic mass is 9.94. The van der Waals surface area contributed by atoms with E-state index in [0.717, 1.165) is 30.8 Å². The van der Waals surface area contributed by atoms with Crippen molar-refractivity contribution in [2.45, 2.75) is 24.7 Å². The number of amides is 1. The third kappa shape index (κ3) is 3.50. The number of carbonyl (C=O) groups excluding carboxylic acids is 1. The van der Waals surface area contributed by atoms with Gasteiger partial charge < -0.3 is 4.90 Å². The van der Waals surface area contributed by atoms with E-state index < -0.39 is 0 Å². The van der Waals surface area contributed by atoms with Gasteiger partial charge in [0.15, 0.2) is 0 Å². The Bertz CT molecular complexity index is 654. The molecule has 1 saturated heterocycles. The van der Waals surface area contributed by atoms with Crippen LogP contribution in [-0.4, -0.2) is 28.9 Å². The zero-order valence-corrected chi connectivity index (χ0v) is 13.3. The largest absolute Gasteiger partial charge is 0.341 e. The zero-order chi connectivity index (χ0) is 16.1. The summed E-state index contributed by atoms with van der Waals surface area (Å²) in [6, 6.07) is 16.0. The number of hydrogen-bond donors (Lipinski definition) is 0. The van der Waals surface area contributed by atoms with E-state index in [1.165, 1.54) is 0 Å². The van der Waals surface area contributed by atoms with Crippen LogP contribution in [0.1, 0.15) is 35.9 Å². The molecule has 0 saturated carbocycles. The minimum atomic E-state index is -0.129. The van der Waals surface area contributed by atoms with Crippen LogP contribution < -0.4 is 0 Å². The first-order valence-electron chi connectivity index (χ1n) is 8.15. The molecule has 1 aliphatic rings. The van der Waals surface area contributed by atoms with Gasteiger partial charge in [0.05, 0.1) is 5.92 Å². The summed E-state index contributed by atoms with van der Waals surface area (Å²) in [6.07, 6.45) is 5.32. The number of pyridine rings is 1. The predicted molar refractivity (Wildman–Crippen MR) is 92.2 cm³/mol. The Kier molecular flexibility index (Phi) is 4.86. The Morgan fingerprint density at radius 3 is 2.74 bits per heavy atom. The molecule has 23 heavy (non-hydrogen) atoms. The fourth-order valence-electron chi connectivity index (χ4n) is 3.27. The van der Waals surface area contributed by atoms with Crippen molar-refractivity contribution in [3.63, 3.8) is 0 Å². The first-order valence-corrected chi connectivity index (χ1v) is 8.15. The summed E-state index contributed by atoms with van der Waals surface area (Å²) in [6.45, 7) is 5.38. The molecule has 0 radical (unpaired) electrons. The summed E-state index contributed by atoms with van der Waals surface area (Å²) in [5.41, 5.74) is 2.15. The summed E-state index contributed by atoms with van der Waals surface area (Å²) in [5, 5.41) is 0. The molecule has 1 aliphatic heterocycles. The monoisotopic (exact) mass is 306 g/mol. The SMILES string of the molecule is C=CCC(C(=O)N1CCC(c2ccccn2)C1)c1ccccc1. The molecule has 1 fully saturated rings. The van der Waals surface area contributed by atoms with Crippen molar-refractivity contribution in [2.24, 2.45) is 0 Å². The molecule has 0 aliphatic carbocycles. The molecule has 1 aromatic carbocycles. The maximum absolute atomic E-state index is 13.0. The summed E-state index contributed by atoms with van der Waals surface area (Å²) in [7, 11) is 0. The number of hydrogen-bond acceptors (Lipinski definition) is 2. The molecular weight excluding hydrogens is 284 g/mol. The van der Waals surface area contributed by atoms with Gasteiger partial charge in [-0.25, -0.2) is 0 Å². The number of allylic oxidation sites excluding steroid dienone is 1. The van der Waals surface area contributed by atoms with E-state index >= 15 is 0 Å². The zero-order valence-electron chi connectivity index (χ0n) is 13.3. The minimum absolute atomic E-state index is 0.129. The maximum atomic E-state index is 13.0. The van der Waals surface area contributed by atoms with Crippen LogP contribution in [0.2, 0.25) is 0 Å². The van der Waals surface area contributed by atoms with Crippen molar-refractivity contribution in [3.8, 4) is 0 Å². The van der Waals surface area contributed by atoms with Gasteiger partial charge in [-0.2, -0.15) is 0 Å². The smallest absolute Gasteiger partial charge is 0.230 e. The highest BCUT2D eigenvalue weighted by Crippen LogP contribution is 2.30. The first kappa shape index (κ1) is 15.5. The highest BCUT2D eigenvalue weighted by molar-refractivity contribution is 5.84. The molecule has 0 bridgehead atoms. The number of nitrogens with zero attached hydrogens (tertiary/aromatic N) is 2. The Morgan fingerprint density at radius 2 is 2.04 bits per heavy atom. The van der Waals surface area contributed by atoms with Crippen LogP contribution >= 0.6 is 0 Å². The van der Waals surface area contributed by atoms with Crippen LogP contribution in [-0.2, 0) is 4.79 Å². The summed E-state index contributed by atoms with van der Waals surface area (Å²) < 4.78 is 0. The molecular formula is C20H22N2O. The van der Waals surface area contributed by atoms with Gasteiger partial charge >= 0.3 is 0 Å². The predicted octanol–water partition coefficient (Wildman–Crippen LogP) is 3.76. The van der Waals surface area contributed by atoms with Crippen molar-refractivity contribution >= 4 is 5.91 Å². The number of likely N-dealkylation sites (tertiary alicyclic amines) is 1. The lowest BCUT2D eigenvalue weighted by molar-refractivity contribution is -0.131. The lowest BCUT2D eigenvalue weighted by Crippen LogP contribution is -2.33. The van der Waals surface area contributed by atoms with E-state index in [4.69, 9.17) is 0 Å². The molecule has 1 aromatic heterocycles. The number of aromatic nitrogens is 1. The van der Waals surface area contributed by atoms with Crippen LogP contribution in [0.3, 0.4) is 0 Å². The number of rotatable bonds is 5. The quantitative estimate of drug-likeness (QED) is 0.788. The Balaban J connectivity index is 1.73. The van der Waals surface area contributed by atoms with Gasteiger partial charge in [-0.15, -0.1) is 6.58 Å². The molecule has 2 atom stereocenters. The topological polar surface area (TPSA) is 33.2 Å². The van der Waals surface area contributed by atoms with E-state index in [2.05, 4.69) is 17.6 Å². The van der Waals surface area contributed by atoms with Gasteiger partial charge in [-0.1, -0.05) is 42.5 Å². The molecule has 3 nitrogen and oxygen atoms in total. The van der Waals surface area contributed by atoms with Crippen LogP contribution in [0.4, 0.5) is 0 Å². The van der Waals surface area contributed by atoms with Gasteiger partial charge in [0.25, 0.3) is 0 Å². The van der Waals surface area contributed by atoms with E-state index in [1.807, 2.05) is 59.6 Å². The van der Waals surface area contributed by atoms with E-state index in [-0.39, 0.29) is 11.8 Å². The summed E-state index contributed by atoms with van der Waals surface area (Å²) in [4.78, 5) is 19.4. The molecule has 2 aromatic rings. The summed E-state index contributed by atoms with van der Waals surface area (Å²) >= 11 is 0. The molecule has 2 unspecified atom stereocenters. The highest BCUT2D eigenvalue weighted by atomic mass is 16.2. The molecule has 0 spiro atoms. The molecule has 118 valence electrons. The van der Waals surface area contributed by atoms with Crippen molar-refractivity contribution in [2.75, 3.05) is 13.1 Å². The van der Waals surface area contributed by atoms with Gasteiger partial charge in [0.1, 0.15) is 0 Å². The standard InChI is InChI=1S/C20H22N2O/c1-2-8-18(16-9-4-3-5-10-16)20(23)22-14-12-17(15-22)19-11-6-7-13-21-19/h2-7,9-11,13,17-18H,1,8,12,14-15H2. The van der Waals surface area contributed by atoms with Crippen LogP contribution in [0, 0.1) is 0 Å². The van der Waals surface area contributed by atoms with Crippen LogP contribution in [0.25, 0.3) is 0 Å². The van der Waals surface area contributed by atoms with Gasteiger partial charge in [-0.3, -0.25) is 9.78 Å². The second-order valence-corrected chi connectivity index (χ2v) is 6.01. The highest BCUT2D eigenvalue weighted by Gasteiger charge is 2.32. The second kappa shape index (κ2) is 7.23. The molecule has 2 heterocycles. The average molecular weight is 306 g/mol. The normalized spacial score (nSPS) is 18.6. The van der Waals surface area contributed by atoms with Crippen molar-refractivity contribution in [3.05, 3.63) is 78.6 Å². The Hall–Kier alpha value is -2.42. The molecule has 0 N–H and O–H groups in total. The first-order chi connectivity index (χ1) is 11.3. The summed E-state index contributed by atoms with van der Waals surface area (Å²) in [5.74, 6) is 0.422. The molecule has 3 heteroatoms.